The molecule has 1 amide bonds. The molecule has 2 aliphatic heterocycles. The molecule has 7 heteroatoms. The Bertz CT molecular complexity index is 596. The summed E-state index contributed by atoms with van der Waals surface area (Å²) in [6, 6.07) is 7.20. The number of carbonyl (C=O) groups is 1. The van der Waals surface area contributed by atoms with Crippen LogP contribution in [0.2, 0.25) is 0 Å². The lowest BCUT2D eigenvalue weighted by Gasteiger charge is -2.40. The number of hydrogen-bond donors (Lipinski definition) is 2. The first-order chi connectivity index (χ1) is 11.9. The molecule has 7 nitrogen and oxygen atoms in total. The van der Waals surface area contributed by atoms with Crippen LogP contribution in [-0.2, 0) is 20.8 Å². The Morgan fingerprint density at radius 2 is 1.96 bits per heavy atom. The summed E-state index contributed by atoms with van der Waals surface area (Å²) in [5, 5.41) is 9.11. The van der Waals surface area contributed by atoms with Crippen molar-refractivity contribution in [2.75, 3.05) is 13.7 Å². The minimum absolute atomic E-state index is 0.0718. The van der Waals surface area contributed by atoms with E-state index in [0.717, 1.165) is 17.7 Å². The van der Waals surface area contributed by atoms with Crippen LogP contribution < -0.4 is 10.2 Å². The van der Waals surface area contributed by atoms with Gasteiger partial charge in [0.2, 0.25) is 0 Å². The molecule has 1 aromatic rings. The van der Waals surface area contributed by atoms with Gasteiger partial charge in [0.05, 0.1) is 31.9 Å². The second kappa shape index (κ2) is 7.29. The Labute approximate surface area is 147 Å². The van der Waals surface area contributed by atoms with Gasteiger partial charge in [0, 0.05) is 13.0 Å². The molecule has 1 spiro atoms. The topological polar surface area (TPSA) is 80.3 Å². The molecule has 2 heterocycles. The zero-order chi connectivity index (χ0) is 18.0. The lowest BCUT2D eigenvalue weighted by molar-refractivity contribution is -0.303. The van der Waals surface area contributed by atoms with Crippen LogP contribution in [0.25, 0.3) is 0 Å². The second-order valence-corrected chi connectivity index (χ2v) is 6.95. The van der Waals surface area contributed by atoms with Gasteiger partial charge in [0.1, 0.15) is 5.75 Å². The Kier molecular flexibility index (Phi) is 5.29. The molecule has 0 saturated carbocycles. The van der Waals surface area contributed by atoms with E-state index >= 15 is 0 Å². The van der Waals surface area contributed by atoms with Crippen molar-refractivity contribution in [3.05, 3.63) is 29.8 Å². The Hall–Kier alpha value is -1.67. The van der Waals surface area contributed by atoms with Gasteiger partial charge in [-0.25, -0.2) is 5.48 Å². The van der Waals surface area contributed by atoms with Crippen LogP contribution in [0.3, 0.4) is 0 Å². The molecule has 0 aromatic heterocycles. The number of hydroxylamine groups is 1. The van der Waals surface area contributed by atoms with E-state index in [-0.39, 0.29) is 12.2 Å². The predicted octanol–water partition coefficient (Wildman–Crippen LogP) is 1.69. The van der Waals surface area contributed by atoms with Crippen molar-refractivity contribution in [3.63, 3.8) is 0 Å². The molecule has 2 saturated heterocycles. The van der Waals surface area contributed by atoms with Crippen molar-refractivity contribution in [3.8, 4) is 5.75 Å². The van der Waals surface area contributed by atoms with Gasteiger partial charge in [0.25, 0.3) is 5.91 Å². The van der Waals surface area contributed by atoms with Gasteiger partial charge in [-0.05, 0) is 38.0 Å². The van der Waals surface area contributed by atoms with E-state index in [1.54, 1.807) is 12.6 Å². The van der Waals surface area contributed by atoms with E-state index in [4.69, 9.17) is 19.4 Å². The normalized spacial score (nSPS) is 32.7. The maximum Gasteiger partial charge on any atom is 0.260 e. The van der Waals surface area contributed by atoms with E-state index in [1.165, 1.54) is 0 Å². The molecule has 25 heavy (non-hydrogen) atoms. The highest BCUT2D eigenvalue weighted by atomic mass is 16.7. The van der Waals surface area contributed by atoms with Crippen molar-refractivity contribution >= 4 is 5.91 Å². The summed E-state index contributed by atoms with van der Waals surface area (Å²) in [6.45, 7) is 5.08. The van der Waals surface area contributed by atoms with E-state index in [1.807, 2.05) is 43.0 Å². The summed E-state index contributed by atoms with van der Waals surface area (Å²) in [7, 11) is 1.63. The number of hydrogen-bond acceptors (Lipinski definition) is 6. The summed E-state index contributed by atoms with van der Waals surface area (Å²) >= 11 is 0. The van der Waals surface area contributed by atoms with Gasteiger partial charge in [-0.15, -0.1) is 0 Å². The molecule has 0 radical (unpaired) electrons. The van der Waals surface area contributed by atoms with Gasteiger partial charge in [0.15, 0.2) is 5.79 Å². The second-order valence-electron chi connectivity index (χ2n) is 6.95. The highest BCUT2D eigenvalue weighted by molar-refractivity contribution is 5.81. The van der Waals surface area contributed by atoms with Crippen LogP contribution in [0.1, 0.15) is 32.3 Å². The van der Waals surface area contributed by atoms with Crippen molar-refractivity contribution in [2.45, 2.75) is 57.3 Å². The lowest BCUT2D eigenvalue weighted by atomic mass is 10.1. The fraction of sp³-hybridized carbons (Fsp3) is 0.611. The number of methoxy groups -OCH3 is 1. The lowest BCUT2D eigenvalue weighted by Crippen LogP contribution is -2.48. The van der Waals surface area contributed by atoms with Gasteiger partial charge in [-0.3, -0.25) is 14.9 Å². The number of ether oxygens (including phenoxy) is 3. The van der Waals surface area contributed by atoms with E-state index < -0.39 is 17.7 Å². The Morgan fingerprint density at radius 1 is 1.32 bits per heavy atom. The number of carbonyl (C=O) groups excluding carboxylic acids is 1. The third kappa shape index (κ3) is 3.95. The standard InChI is InChI=1S/C18H26N2O5/c1-12-8-13(2)25-18(24-12)9-16(17(21)19-22)20(11-18)10-14-4-6-15(23-3)7-5-14/h4-7,12-13,16,22H,8-11H2,1-3H3,(H,19,21)/t12?,13?,16-,18?/m1/s1. The van der Waals surface area contributed by atoms with Crippen LogP contribution >= 0.6 is 0 Å². The molecule has 1 aromatic carbocycles. The highest BCUT2D eigenvalue weighted by Crippen LogP contribution is 2.38. The minimum Gasteiger partial charge on any atom is -0.497 e. The average Bonchev–Trinajstić information content (AvgIpc) is 2.90. The number of rotatable bonds is 4. The molecule has 3 atom stereocenters. The van der Waals surface area contributed by atoms with Crippen LogP contribution in [0, 0.1) is 0 Å². The zero-order valence-electron chi connectivity index (χ0n) is 14.9. The van der Waals surface area contributed by atoms with Crippen LogP contribution in [-0.4, -0.2) is 53.7 Å². The van der Waals surface area contributed by atoms with Crippen molar-refractivity contribution < 1.29 is 24.2 Å². The fourth-order valence-electron chi connectivity index (χ4n) is 3.87. The van der Waals surface area contributed by atoms with Gasteiger partial charge >= 0.3 is 0 Å². The maximum atomic E-state index is 12.2. The number of amides is 1. The number of benzene rings is 1. The minimum atomic E-state index is -0.805. The third-order valence-corrected chi connectivity index (χ3v) is 4.84. The summed E-state index contributed by atoms with van der Waals surface area (Å²) < 4.78 is 17.4. The molecule has 3 rings (SSSR count). The quantitative estimate of drug-likeness (QED) is 0.635. The molecule has 2 N–H and O–H groups in total. The smallest absolute Gasteiger partial charge is 0.260 e. The first-order valence-corrected chi connectivity index (χ1v) is 8.61. The molecular formula is C18H26N2O5. The zero-order valence-corrected chi connectivity index (χ0v) is 14.9. The molecule has 0 bridgehead atoms. The Morgan fingerprint density at radius 3 is 2.52 bits per heavy atom. The molecule has 2 fully saturated rings. The Balaban J connectivity index is 1.78. The molecule has 0 aliphatic carbocycles. The van der Waals surface area contributed by atoms with Crippen molar-refractivity contribution in [1.29, 1.82) is 0 Å². The van der Waals surface area contributed by atoms with Gasteiger partial charge < -0.3 is 14.2 Å². The van der Waals surface area contributed by atoms with Crippen LogP contribution in [0.5, 0.6) is 5.75 Å². The SMILES string of the molecule is COc1ccc(CN2CC3(C[C@@H]2C(=O)NO)OC(C)CC(C)O3)cc1. The van der Waals surface area contributed by atoms with E-state index in [0.29, 0.717) is 19.5 Å². The highest BCUT2D eigenvalue weighted by Gasteiger charge is 2.52. The van der Waals surface area contributed by atoms with Gasteiger partial charge in [-0.1, -0.05) is 12.1 Å². The number of nitrogens with one attached hydrogen (secondary N) is 1. The predicted molar refractivity (Wildman–Crippen MR) is 90.2 cm³/mol. The van der Waals surface area contributed by atoms with Gasteiger partial charge in [-0.2, -0.15) is 0 Å². The average molecular weight is 350 g/mol. The van der Waals surface area contributed by atoms with E-state index in [9.17, 15) is 4.79 Å². The van der Waals surface area contributed by atoms with Crippen LogP contribution in [0.15, 0.2) is 24.3 Å². The number of nitrogens with zero attached hydrogens (tertiary/aromatic N) is 1. The van der Waals surface area contributed by atoms with Crippen molar-refractivity contribution in [1.82, 2.24) is 10.4 Å². The first-order valence-electron chi connectivity index (χ1n) is 8.61. The van der Waals surface area contributed by atoms with Crippen molar-refractivity contribution in [2.24, 2.45) is 0 Å². The third-order valence-electron chi connectivity index (χ3n) is 4.84. The summed E-state index contributed by atoms with van der Waals surface area (Å²) in [6.07, 6.45) is 1.37. The largest absolute Gasteiger partial charge is 0.497 e. The summed E-state index contributed by atoms with van der Waals surface area (Å²) in [5.74, 6) is -0.461. The summed E-state index contributed by atoms with van der Waals surface area (Å²) in [4.78, 5) is 14.2. The van der Waals surface area contributed by atoms with Crippen LogP contribution in [0.4, 0.5) is 0 Å². The molecule has 2 unspecified atom stereocenters. The molecule has 2 aliphatic rings. The summed E-state index contributed by atoms with van der Waals surface area (Å²) in [5.41, 5.74) is 2.82. The fourth-order valence-corrected chi connectivity index (χ4v) is 3.87. The maximum absolute atomic E-state index is 12.2. The first kappa shape index (κ1) is 18.1. The molecular weight excluding hydrogens is 324 g/mol. The molecule has 138 valence electrons. The van der Waals surface area contributed by atoms with E-state index in [2.05, 4.69) is 0 Å². The monoisotopic (exact) mass is 350 g/mol. The number of likely N-dealkylation sites (tertiary alicyclic amines) is 1.